The Kier molecular flexibility index (Phi) is 9.83. The van der Waals surface area contributed by atoms with Crippen LogP contribution in [0.25, 0.3) is 34.8 Å². The second-order valence-electron chi connectivity index (χ2n) is 12.7. The lowest BCUT2D eigenvalue weighted by Gasteiger charge is -2.32. The molecule has 4 heterocycles. The maximum absolute atomic E-state index is 10.1. The Morgan fingerprint density at radius 3 is 2.46 bits per heavy atom. The van der Waals surface area contributed by atoms with Crippen LogP contribution in [0.4, 0.5) is 17.5 Å². The maximum atomic E-state index is 10.1. The number of aliphatic hydroxyl groups is 1. The minimum Gasteiger partial charge on any atom is -0.393 e. The van der Waals surface area contributed by atoms with Gasteiger partial charge in [0.2, 0.25) is 5.95 Å². The number of hydrogen-bond acceptors (Lipinski definition) is 9. The van der Waals surface area contributed by atoms with Crippen molar-refractivity contribution >= 4 is 29.6 Å². The molecule has 1 saturated carbocycles. The Bertz CT molecular complexity index is 1790. The molecule has 0 bridgehead atoms. The first-order valence-electron chi connectivity index (χ1n) is 16.7. The van der Waals surface area contributed by atoms with E-state index >= 15 is 0 Å². The second kappa shape index (κ2) is 14.9. The van der Waals surface area contributed by atoms with E-state index in [-0.39, 0.29) is 12.1 Å². The first-order chi connectivity index (χ1) is 23.5. The van der Waals surface area contributed by atoms with E-state index in [1.807, 2.05) is 54.7 Å². The number of aromatic nitrogens is 3. The van der Waals surface area contributed by atoms with Crippen LogP contribution >= 0.6 is 0 Å². The zero-order valence-corrected chi connectivity index (χ0v) is 27.3. The van der Waals surface area contributed by atoms with Crippen LogP contribution < -0.4 is 10.6 Å². The van der Waals surface area contributed by atoms with Crippen molar-refractivity contribution in [3.05, 3.63) is 102 Å². The number of nitrogens with zero attached hydrogens (tertiary/aromatic N) is 5. The Morgan fingerprint density at radius 2 is 1.71 bits per heavy atom. The van der Waals surface area contributed by atoms with Gasteiger partial charge in [-0.25, -0.2) is 4.98 Å². The number of piperazine rings is 1. The first-order valence-corrected chi connectivity index (χ1v) is 16.7. The van der Waals surface area contributed by atoms with Crippen molar-refractivity contribution in [2.45, 2.75) is 44.4 Å². The molecule has 246 valence electrons. The lowest BCUT2D eigenvalue weighted by Crippen LogP contribution is -2.43. The highest BCUT2D eigenvalue weighted by Gasteiger charge is 2.22. The van der Waals surface area contributed by atoms with Gasteiger partial charge in [-0.2, -0.15) is 4.98 Å². The van der Waals surface area contributed by atoms with E-state index < -0.39 is 0 Å². The molecule has 1 aliphatic carbocycles. The van der Waals surface area contributed by atoms with Gasteiger partial charge in [0.1, 0.15) is 11.4 Å². The minimum absolute atomic E-state index is 0.213. The molecule has 5 aromatic rings. The van der Waals surface area contributed by atoms with Gasteiger partial charge in [0, 0.05) is 62.4 Å². The normalized spacial score (nSPS) is 19.0. The van der Waals surface area contributed by atoms with Crippen LogP contribution in [0.1, 0.15) is 42.5 Å². The second-order valence-corrected chi connectivity index (χ2v) is 12.7. The van der Waals surface area contributed by atoms with Crippen LogP contribution in [0.5, 0.6) is 0 Å². The number of anilines is 3. The quantitative estimate of drug-likeness (QED) is 0.137. The molecule has 1 saturated heterocycles. The van der Waals surface area contributed by atoms with Crippen LogP contribution in [0.3, 0.4) is 0 Å². The van der Waals surface area contributed by atoms with Crippen LogP contribution in [-0.4, -0.2) is 75.2 Å². The molecule has 7 rings (SSSR count). The molecule has 2 aromatic carbocycles. The number of pyridine rings is 1. The third-order valence-corrected chi connectivity index (χ3v) is 9.13. The Labute approximate surface area is 281 Å². The van der Waals surface area contributed by atoms with E-state index in [0.717, 1.165) is 97.9 Å². The fraction of sp³-hybridized carbons (Fsp3) is 0.316. The predicted octanol–water partition coefficient (Wildman–Crippen LogP) is 7.05. The van der Waals surface area contributed by atoms with Crippen molar-refractivity contribution in [3.63, 3.8) is 0 Å². The van der Waals surface area contributed by atoms with Crippen LogP contribution in [-0.2, 0) is 6.54 Å². The van der Waals surface area contributed by atoms with Gasteiger partial charge >= 0.3 is 5.96 Å². The van der Waals surface area contributed by atoms with E-state index in [2.05, 4.69) is 56.7 Å². The standard InChI is InChI=1S/C38H42N7O3/c1-44-18-20-45(21-19-44)26-28-2-7-29(8-3-28)35-25-40-38(43-36(35)41-31-12-14-34(46)15-13-31)42-32-9-4-27(5-10-32)6-11-33-24-30(16-17-39-33)37-47-22-23-48-37/h2-11,16-17,22-25,31,34,46H,12-15,18-21,26H2,1H3,(H2,40,41,42,43)/q+1/b11-6+. The summed E-state index contributed by atoms with van der Waals surface area (Å²) in [7, 11) is 2.19. The fourth-order valence-corrected chi connectivity index (χ4v) is 6.23. The first kappa shape index (κ1) is 31.7. The number of benzene rings is 2. The van der Waals surface area contributed by atoms with Crippen molar-refractivity contribution in [1.82, 2.24) is 24.8 Å². The number of likely N-dealkylation sites (N-methyl/N-ethyl adjacent to an activating group) is 1. The largest absolute Gasteiger partial charge is 0.531 e. The summed E-state index contributed by atoms with van der Waals surface area (Å²) >= 11 is 0. The zero-order valence-electron chi connectivity index (χ0n) is 27.3. The van der Waals surface area contributed by atoms with E-state index in [1.165, 1.54) is 18.1 Å². The van der Waals surface area contributed by atoms with Crippen LogP contribution in [0, 0.1) is 0 Å². The lowest BCUT2D eigenvalue weighted by atomic mass is 9.93. The van der Waals surface area contributed by atoms with Gasteiger partial charge in [-0.15, -0.1) is 0 Å². The van der Waals surface area contributed by atoms with E-state index in [9.17, 15) is 5.11 Å². The third kappa shape index (κ3) is 8.14. The van der Waals surface area contributed by atoms with Crippen molar-refractivity contribution in [2.75, 3.05) is 43.9 Å². The maximum Gasteiger partial charge on any atom is 0.531 e. The molecule has 0 amide bonds. The Morgan fingerprint density at radius 1 is 0.917 bits per heavy atom. The summed E-state index contributed by atoms with van der Waals surface area (Å²) in [4.78, 5) is 19.0. The molecule has 10 nitrogen and oxygen atoms in total. The molecule has 48 heavy (non-hydrogen) atoms. The number of hydrogen-bond donors (Lipinski definition) is 3. The Hall–Kier alpha value is -4.90. The molecule has 0 unspecified atom stereocenters. The summed E-state index contributed by atoms with van der Waals surface area (Å²) in [6, 6.07) is 20.9. The van der Waals surface area contributed by atoms with Crippen molar-refractivity contribution < 1.29 is 13.9 Å². The van der Waals surface area contributed by atoms with Gasteiger partial charge in [-0.1, -0.05) is 42.5 Å². The topological polar surface area (TPSA) is 114 Å². The van der Waals surface area contributed by atoms with Gasteiger partial charge in [-0.3, -0.25) is 18.7 Å². The fourth-order valence-electron chi connectivity index (χ4n) is 6.23. The average molecular weight is 645 g/mol. The number of rotatable bonds is 10. The van der Waals surface area contributed by atoms with Gasteiger partial charge in [0.15, 0.2) is 0 Å². The van der Waals surface area contributed by atoms with Crippen LogP contribution in [0.15, 0.2) is 94.4 Å². The molecule has 0 radical (unpaired) electrons. The predicted molar refractivity (Wildman–Crippen MR) is 189 cm³/mol. The lowest BCUT2D eigenvalue weighted by molar-refractivity contribution is 0.126. The highest BCUT2D eigenvalue weighted by Crippen LogP contribution is 2.31. The molecule has 2 aliphatic rings. The molecule has 3 aromatic heterocycles. The van der Waals surface area contributed by atoms with Crippen molar-refractivity contribution in [2.24, 2.45) is 0 Å². The highest BCUT2D eigenvalue weighted by molar-refractivity contribution is 5.76. The summed E-state index contributed by atoms with van der Waals surface area (Å²) in [6.07, 6.45) is 13.8. The molecular formula is C38H42N7O3+. The van der Waals surface area contributed by atoms with Crippen LogP contribution in [0.2, 0.25) is 0 Å². The molecule has 1 aliphatic heterocycles. The smallest absolute Gasteiger partial charge is 0.393 e. The third-order valence-electron chi connectivity index (χ3n) is 9.13. The Balaban J connectivity index is 1.05. The molecule has 3 N–H and O–H groups in total. The zero-order chi connectivity index (χ0) is 32.7. The summed E-state index contributed by atoms with van der Waals surface area (Å²) < 4.78 is 10.7. The SMILES string of the molecule is CN1CCN(Cc2ccc(-c3cnc(Nc4ccc(/C=C/c5cc(-c6occ[o+]6)ccn5)cc4)nc3NC3CCC(O)CC3)cc2)CC1. The van der Waals surface area contributed by atoms with Crippen molar-refractivity contribution in [1.29, 1.82) is 0 Å². The van der Waals surface area contributed by atoms with Crippen molar-refractivity contribution in [3.8, 4) is 22.6 Å². The molecule has 2 fully saturated rings. The highest BCUT2D eigenvalue weighted by atomic mass is 16.5. The van der Waals surface area contributed by atoms with Gasteiger partial charge in [-0.05, 0) is 79.8 Å². The summed E-state index contributed by atoms with van der Waals surface area (Å²) in [5.41, 5.74) is 6.91. The van der Waals surface area contributed by atoms with E-state index in [1.54, 1.807) is 6.20 Å². The van der Waals surface area contributed by atoms with E-state index in [4.69, 9.17) is 18.8 Å². The molecule has 0 spiro atoms. The minimum atomic E-state index is -0.213. The van der Waals surface area contributed by atoms with E-state index in [0.29, 0.717) is 11.9 Å². The van der Waals surface area contributed by atoms with Gasteiger partial charge < -0.3 is 20.6 Å². The molecular weight excluding hydrogens is 602 g/mol. The summed E-state index contributed by atoms with van der Waals surface area (Å²) in [5.74, 6) is 1.78. The molecule has 10 heteroatoms. The summed E-state index contributed by atoms with van der Waals surface area (Å²) in [6.45, 7) is 5.38. The molecule has 0 atom stereocenters. The average Bonchev–Trinajstić information content (AvgIpc) is 3.66. The number of aliphatic hydroxyl groups excluding tert-OH is 1. The van der Waals surface area contributed by atoms with Gasteiger partial charge in [0.25, 0.3) is 12.5 Å². The van der Waals surface area contributed by atoms with Gasteiger partial charge in [0.05, 0.1) is 11.8 Å². The monoisotopic (exact) mass is 644 g/mol. The number of nitrogens with one attached hydrogen (secondary N) is 2. The summed E-state index contributed by atoms with van der Waals surface area (Å²) in [5, 5.41) is 17.1.